The summed E-state index contributed by atoms with van der Waals surface area (Å²) in [7, 11) is 0. The van der Waals surface area contributed by atoms with E-state index >= 15 is 0 Å². The van der Waals surface area contributed by atoms with Gasteiger partial charge in [0, 0.05) is 36.1 Å². The minimum Gasteiger partial charge on any atom is -0.399 e. The summed E-state index contributed by atoms with van der Waals surface area (Å²) in [5.74, 6) is -0.396. The van der Waals surface area contributed by atoms with E-state index in [1.54, 1.807) is 29.2 Å². The number of nitrogen functional groups attached to an aromatic ring is 1. The van der Waals surface area contributed by atoms with E-state index in [4.69, 9.17) is 11.5 Å². The van der Waals surface area contributed by atoms with Crippen molar-refractivity contribution in [2.24, 2.45) is 11.7 Å². The van der Waals surface area contributed by atoms with Crippen LogP contribution in [0.4, 0.5) is 17.1 Å². The van der Waals surface area contributed by atoms with Crippen molar-refractivity contribution >= 4 is 34.8 Å². The summed E-state index contributed by atoms with van der Waals surface area (Å²) in [5.41, 5.74) is 15.6. The highest BCUT2D eigenvalue weighted by Crippen LogP contribution is 2.37. The molecule has 4 rings (SSSR count). The third-order valence-corrected chi connectivity index (χ3v) is 7.81. The van der Waals surface area contributed by atoms with Gasteiger partial charge in [0.1, 0.15) is 0 Å². The molecule has 3 aromatic rings. The van der Waals surface area contributed by atoms with Crippen LogP contribution in [0.1, 0.15) is 56.3 Å². The number of aliphatic hydroxyl groups is 1. The van der Waals surface area contributed by atoms with Gasteiger partial charge in [-0.05, 0) is 86.6 Å². The van der Waals surface area contributed by atoms with Gasteiger partial charge in [-0.25, -0.2) is 0 Å². The zero-order chi connectivity index (χ0) is 30.1. The third kappa shape index (κ3) is 8.18. The van der Waals surface area contributed by atoms with Crippen LogP contribution >= 0.6 is 0 Å². The van der Waals surface area contributed by atoms with Gasteiger partial charge in [-0.2, -0.15) is 0 Å². The first-order valence-corrected chi connectivity index (χ1v) is 14.6. The molecule has 7 N–H and O–H groups in total. The van der Waals surface area contributed by atoms with Crippen LogP contribution in [0, 0.1) is 5.92 Å². The molecular formula is C33H41N5O4. The Kier molecular flexibility index (Phi) is 10.7. The number of carbonyl (C=O) groups excluding carboxylic acids is 3. The van der Waals surface area contributed by atoms with Crippen LogP contribution in [0.5, 0.6) is 0 Å². The lowest BCUT2D eigenvalue weighted by Gasteiger charge is -2.45. The molecule has 9 nitrogen and oxygen atoms in total. The van der Waals surface area contributed by atoms with E-state index in [0.717, 1.165) is 16.8 Å². The molecule has 4 unspecified atom stereocenters. The Morgan fingerprint density at radius 3 is 2.33 bits per heavy atom. The predicted octanol–water partition coefficient (Wildman–Crippen LogP) is 3.93. The summed E-state index contributed by atoms with van der Waals surface area (Å²) in [4.78, 5) is 39.3. The first-order valence-electron chi connectivity index (χ1n) is 14.6. The number of nitrogens with two attached hydrogens (primary N) is 2. The third-order valence-electron chi connectivity index (χ3n) is 7.81. The van der Waals surface area contributed by atoms with Crippen LogP contribution in [-0.4, -0.2) is 41.5 Å². The standard InChI is InChI=1S/C33H41N5O4/c1-22-28(18-19-30(39)24-7-3-2-4-8-24)33(42)38(22)27-16-14-26(15-17-27)37-31(40)9-5-6-20-36-32(41)29(35)21-23-10-12-25(34)13-11-23/h2-4,7-8,10-17,22,28-30,39H,5-6,9,18-21,34-35H2,1H3,(H,36,41)(H,37,40). The molecule has 9 heteroatoms. The maximum Gasteiger partial charge on any atom is 0.237 e. The molecule has 1 aliphatic rings. The fourth-order valence-corrected chi connectivity index (χ4v) is 5.27. The highest BCUT2D eigenvalue weighted by molar-refractivity contribution is 6.03. The Hall–Kier alpha value is -4.21. The van der Waals surface area contributed by atoms with Crippen LogP contribution in [-0.2, 0) is 20.8 Å². The van der Waals surface area contributed by atoms with Crippen molar-refractivity contribution in [1.82, 2.24) is 5.32 Å². The largest absolute Gasteiger partial charge is 0.399 e. The molecule has 0 spiro atoms. The van der Waals surface area contributed by atoms with Gasteiger partial charge in [0.2, 0.25) is 17.7 Å². The SMILES string of the molecule is CC1C(CCC(O)c2ccccc2)C(=O)N1c1ccc(NC(=O)CCCCNC(=O)C(N)Cc2ccc(N)cc2)cc1. The smallest absolute Gasteiger partial charge is 0.237 e. The van der Waals surface area contributed by atoms with Crippen molar-refractivity contribution in [2.75, 3.05) is 22.5 Å². The summed E-state index contributed by atoms with van der Waals surface area (Å²) in [6.45, 7) is 2.47. The summed E-state index contributed by atoms with van der Waals surface area (Å²) >= 11 is 0. The molecule has 4 atom stereocenters. The summed E-state index contributed by atoms with van der Waals surface area (Å²) < 4.78 is 0. The number of amides is 3. The molecule has 42 heavy (non-hydrogen) atoms. The second-order valence-electron chi connectivity index (χ2n) is 11.0. The molecule has 1 fully saturated rings. The van der Waals surface area contributed by atoms with E-state index in [2.05, 4.69) is 10.6 Å². The van der Waals surface area contributed by atoms with Crippen LogP contribution in [0.3, 0.4) is 0 Å². The maximum atomic E-state index is 12.9. The normalized spacial score (nSPS) is 17.7. The molecule has 0 saturated carbocycles. The molecule has 1 aliphatic heterocycles. The molecule has 0 aromatic heterocycles. The Labute approximate surface area is 247 Å². The molecule has 0 bridgehead atoms. The van der Waals surface area contributed by atoms with Crippen LogP contribution in [0.2, 0.25) is 0 Å². The molecule has 3 amide bonds. The van der Waals surface area contributed by atoms with Gasteiger partial charge >= 0.3 is 0 Å². The fraction of sp³-hybridized carbons (Fsp3) is 0.364. The quantitative estimate of drug-likeness (QED) is 0.112. The van der Waals surface area contributed by atoms with Gasteiger partial charge in [0.05, 0.1) is 18.1 Å². The minimum atomic E-state index is -0.645. The number of hydrogen-bond acceptors (Lipinski definition) is 6. The Morgan fingerprint density at radius 1 is 0.976 bits per heavy atom. The number of benzene rings is 3. The number of aliphatic hydroxyl groups excluding tert-OH is 1. The van der Waals surface area contributed by atoms with Crippen LogP contribution < -0.4 is 27.0 Å². The molecule has 222 valence electrons. The number of rotatable bonds is 14. The minimum absolute atomic E-state index is 0.0358. The van der Waals surface area contributed by atoms with Gasteiger partial charge in [-0.1, -0.05) is 42.5 Å². The second-order valence-corrected chi connectivity index (χ2v) is 11.0. The zero-order valence-electron chi connectivity index (χ0n) is 24.0. The molecule has 1 saturated heterocycles. The summed E-state index contributed by atoms with van der Waals surface area (Å²) in [6, 6.07) is 23.4. The van der Waals surface area contributed by atoms with E-state index in [0.29, 0.717) is 56.4 Å². The number of nitrogens with one attached hydrogen (secondary N) is 2. The van der Waals surface area contributed by atoms with Gasteiger partial charge in [-0.15, -0.1) is 0 Å². The molecule has 0 aliphatic carbocycles. The van der Waals surface area contributed by atoms with E-state index in [1.807, 2.05) is 61.5 Å². The number of β-lactam (4-membered cyclic amide) rings is 1. The van der Waals surface area contributed by atoms with Crippen LogP contribution in [0.25, 0.3) is 0 Å². The Bertz CT molecular complexity index is 1330. The van der Waals surface area contributed by atoms with Crippen molar-refractivity contribution < 1.29 is 19.5 Å². The van der Waals surface area contributed by atoms with Gasteiger partial charge < -0.3 is 32.1 Å². The van der Waals surface area contributed by atoms with Crippen molar-refractivity contribution in [1.29, 1.82) is 0 Å². The van der Waals surface area contributed by atoms with Gasteiger partial charge in [0.15, 0.2) is 0 Å². The van der Waals surface area contributed by atoms with E-state index in [9.17, 15) is 19.5 Å². The van der Waals surface area contributed by atoms with E-state index in [1.165, 1.54) is 0 Å². The van der Waals surface area contributed by atoms with Gasteiger partial charge in [0.25, 0.3) is 0 Å². The second kappa shape index (κ2) is 14.6. The average molecular weight is 572 g/mol. The van der Waals surface area contributed by atoms with Crippen molar-refractivity contribution in [3.8, 4) is 0 Å². The highest BCUT2D eigenvalue weighted by Gasteiger charge is 2.44. The first kappa shape index (κ1) is 30.7. The number of unbranched alkanes of at least 4 members (excludes halogenated alkanes) is 1. The molecular weight excluding hydrogens is 530 g/mol. The molecule has 1 heterocycles. The molecule has 0 radical (unpaired) electrons. The van der Waals surface area contributed by atoms with E-state index < -0.39 is 12.1 Å². The summed E-state index contributed by atoms with van der Waals surface area (Å²) in [5, 5.41) is 16.2. The van der Waals surface area contributed by atoms with Crippen molar-refractivity contribution in [2.45, 2.75) is 63.6 Å². The monoisotopic (exact) mass is 571 g/mol. The summed E-state index contributed by atoms with van der Waals surface area (Å²) in [6.07, 6.45) is 2.62. The predicted molar refractivity (Wildman–Crippen MR) is 166 cm³/mol. The maximum absolute atomic E-state index is 12.9. The fourth-order valence-electron chi connectivity index (χ4n) is 5.27. The number of carbonyl (C=O) groups is 3. The highest BCUT2D eigenvalue weighted by atomic mass is 16.3. The van der Waals surface area contributed by atoms with E-state index in [-0.39, 0.29) is 29.7 Å². The number of nitrogens with zero attached hydrogens (tertiary/aromatic N) is 1. The molecule has 3 aromatic carbocycles. The topological polar surface area (TPSA) is 151 Å². The number of hydrogen-bond donors (Lipinski definition) is 5. The van der Waals surface area contributed by atoms with Crippen molar-refractivity contribution in [3.63, 3.8) is 0 Å². The average Bonchev–Trinajstić information content (AvgIpc) is 2.99. The van der Waals surface area contributed by atoms with Gasteiger partial charge in [-0.3, -0.25) is 14.4 Å². The lowest BCUT2D eigenvalue weighted by Crippen LogP contribution is -2.59. The lowest BCUT2D eigenvalue weighted by molar-refractivity contribution is -0.130. The lowest BCUT2D eigenvalue weighted by atomic mass is 9.83. The Balaban J connectivity index is 1.12. The first-order chi connectivity index (χ1) is 20.2. The Morgan fingerprint density at radius 2 is 1.67 bits per heavy atom. The van der Waals surface area contributed by atoms with Crippen LogP contribution in [0.15, 0.2) is 78.9 Å². The van der Waals surface area contributed by atoms with Crippen molar-refractivity contribution in [3.05, 3.63) is 90.0 Å². The number of anilines is 3. The zero-order valence-corrected chi connectivity index (χ0v) is 24.0.